The molecule has 0 amide bonds. The van der Waals surface area contributed by atoms with E-state index in [0.717, 1.165) is 31.8 Å². The zero-order valence-electron chi connectivity index (χ0n) is 14.5. The Bertz CT molecular complexity index is 395. The van der Waals surface area contributed by atoms with Crippen molar-refractivity contribution >= 4 is 0 Å². The van der Waals surface area contributed by atoms with Crippen LogP contribution in [0.2, 0.25) is 0 Å². The summed E-state index contributed by atoms with van der Waals surface area (Å²) in [5.41, 5.74) is 0.311. The molecule has 0 N–H and O–H groups in total. The SMILES string of the molecule is COC1(C)CCCN(C2CC(C(C)(C)C)CCC2C#N)C1. The lowest BCUT2D eigenvalue weighted by atomic mass is 9.67. The zero-order valence-corrected chi connectivity index (χ0v) is 14.5. The van der Waals surface area contributed by atoms with Gasteiger partial charge in [0.2, 0.25) is 0 Å². The van der Waals surface area contributed by atoms with E-state index in [2.05, 4.69) is 38.7 Å². The second-order valence-corrected chi connectivity index (χ2v) is 8.41. The van der Waals surface area contributed by atoms with Gasteiger partial charge in [-0.2, -0.15) is 5.26 Å². The molecule has 2 aliphatic rings. The number of ether oxygens (including phenoxy) is 1. The zero-order chi connectivity index (χ0) is 15.7. The third-order valence-electron chi connectivity index (χ3n) is 5.86. The van der Waals surface area contributed by atoms with Crippen molar-refractivity contribution in [2.45, 2.75) is 71.4 Å². The summed E-state index contributed by atoms with van der Waals surface area (Å²) in [5, 5.41) is 9.56. The lowest BCUT2D eigenvalue weighted by Gasteiger charge is -2.48. The molecule has 2 rings (SSSR count). The number of hydrogen-bond donors (Lipinski definition) is 0. The first-order valence-corrected chi connectivity index (χ1v) is 8.48. The van der Waals surface area contributed by atoms with Crippen molar-refractivity contribution in [3.8, 4) is 6.07 Å². The predicted octanol–water partition coefficient (Wildman–Crippen LogP) is 3.84. The van der Waals surface area contributed by atoms with Crippen molar-refractivity contribution in [2.24, 2.45) is 17.3 Å². The number of hydrogen-bond acceptors (Lipinski definition) is 3. The monoisotopic (exact) mass is 292 g/mol. The number of rotatable bonds is 2. The minimum Gasteiger partial charge on any atom is -0.377 e. The summed E-state index contributed by atoms with van der Waals surface area (Å²) >= 11 is 0. The van der Waals surface area contributed by atoms with Gasteiger partial charge < -0.3 is 4.74 Å². The first-order valence-electron chi connectivity index (χ1n) is 8.48. The van der Waals surface area contributed by atoms with Gasteiger partial charge in [-0.25, -0.2) is 0 Å². The second-order valence-electron chi connectivity index (χ2n) is 8.41. The lowest BCUT2D eigenvalue weighted by molar-refractivity contribution is -0.0744. The highest BCUT2D eigenvalue weighted by Gasteiger charge is 2.42. The fourth-order valence-corrected chi connectivity index (χ4v) is 4.18. The summed E-state index contributed by atoms with van der Waals surface area (Å²) in [6.45, 7) is 11.3. The van der Waals surface area contributed by atoms with Crippen LogP contribution in [-0.2, 0) is 4.74 Å². The van der Waals surface area contributed by atoms with Gasteiger partial charge in [-0.15, -0.1) is 0 Å². The highest BCUT2D eigenvalue weighted by molar-refractivity contribution is 5.01. The maximum absolute atomic E-state index is 9.56. The molecule has 0 radical (unpaired) electrons. The van der Waals surface area contributed by atoms with E-state index in [0.29, 0.717) is 11.5 Å². The molecule has 0 aromatic heterocycles. The van der Waals surface area contributed by atoms with Crippen LogP contribution in [0.4, 0.5) is 0 Å². The van der Waals surface area contributed by atoms with E-state index in [-0.39, 0.29) is 11.5 Å². The topological polar surface area (TPSA) is 36.3 Å². The minimum atomic E-state index is -0.0348. The van der Waals surface area contributed by atoms with Gasteiger partial charge in [0.05, 0.1) is 17.6 Å². The summed E-state index contributed by atoms with van der Waals surface area (Å²) in [5.74, 6) is 0.922. The van der Waals surface area contributed by atoms with Crippen molar-refractivity contribution in [3.05, 3.63) is 0 Å². The molecule has 0 aromatic carbocycles. The molecule has 0 bridgehead atoms. The van der Waals surface area contributed by atoms with Gasteiger partial charge in [0, 0.05) is 19.7 Å². The number of nitriles is 1. The Morgan fingerprint density at radius 3 is 2.57 bits per heavy atom. The summed E-state index contributed by atoms with van der Waals surface area (Å²) in [6.07, 6.45) is 5.74. The van der Waals surface area contributed by atoms with Crippen LogP contribution in [0.3, 0.4) is 0 Å². The number of methoxy groups -OCH3 is 1. The maximum Gasteiger partial charge on any atom is 0.0777 e. The number of nitrogens with zero attached hydrogens (tertiary/aromatic N) is 2. The molecule has 120 valence electrons. The molecule has 3 heteroatoms. The molecule has 4 unspecified atom stereocenters. The summed E-state index contributed by atoms with van der Waals surface area (Å²) < 4.78 is 5.74. The summed E-state index contributed by atoms with van der Waals surface area (Å²) in [6, 6.07) is 3.01. The van der Waals surface area contributed by atoms with Gasteiger partial charge in [-0.3, -0.25) is 4.90 Å². The van der Waals surface area contributed by atoms with Crippen LogP contribution in [0.25, 0.3) is 0 Å². The highest BCUT2D eigenvalue weighted by atomic mass is 16.5. The van der Waals surface area contributed by atoms with Crippen LogP contribution < -0.4 is 0 Å². The van der Waals surface area contributed by atoms with E-state index in [1.807, 2.05) is 7.11 Å². The Kier molecular flexibility index (Phi) is 5.00. The van der Waals surface area contributed by atoms with Crippen LogP contribution >= 0.6 is 0 Å². The molecule has 4 atom stereocenters. The van der Waals surface area contributed by atoms with E-state index >= 15 is 0 Å². The van der Waals surface area contributed by atoms with E-state index in [9.17, 15) is 5.26 Å². The molecule has 1 heterocycles. The van der Waals surface area contributed by atoms with E-state index in [1.165, 1.54) is 19.3 Å². The van der Waals surface area contributed by atoms with Crippen LogP contribution in [0, 0.1) is 28.6 Å². The first kappa shape index (κ1) is 16.8. The first-order chi connectivity index (χ1) is 9.79. The Labute approximate surface area is 130 Å². The van der Waals surface area contributed by atoms with Crippen LogP contribution in [0.15, 0.2) is 0 Å². The van der Waals surface area contributed by atoms with Crippen LogP contribution in [0.5, 0.6) is 0 Å². The molecule has 3 nitrogen and oxygen atoms in total. The van der Waals surface area contributed by atoms with Crippen molar-refractivity contribution < 1.29 is 4.74 Å². The Morgan fingerprint density at radius 1 is 1.29 bits per heavy atom. The molecule has 1 aliphatic heterocycles. The Balaban J connectivity index is 2.12. The minimum absolute atomic E-state index is 0.0348. The van der Waals surface area contributed by atoms with Crippen molar-refractivity contribution in [3.63, 3.8) is 0 Å². The molecule has 0 spiro atoms. The second kappa shape index (κ2) is 6.26. The molecule has 0 aromatic rings. The third-order valence-corrected chi connectivity index (χ3v) is 5.86. The average Bonchev–Trinajstić information content (AvgIpc) is 2.45. The summed E-state index contributed by atoms with van der Waals surface area (Å²) in [7, 11) is 1.82. The number of likely N-dealkylation sites (tertiary alicyclic amines) is 1. The Morgan fingerprint density at radius 2 is 2.00 bits per heavy atom. The molecule has 1 saturated heterocycles. The largest absolute Gasteiger partial charge is 0.377 e. The van der Waals surface area contributed by atoms with Crippen LogP contribution in [-0.4, -0.2) is 36.7 Å². The maximum atomic E-state index is 9.56. The molecule has 2 fully saturated rings. The quantitative estimate of drug-likeness (QED) is 0.776. The standard InChI is InChI=1S/C18H32N2O/c1-17(2,3)15-8-7-14(12-19)16(11-15)20-10-6-9-18(4,13-20)21-5/h14-16H,6-11,13H2,1-5H3. The van der Waals surface area contributed by atoms with Gasteiger partial charge in [0.1, 0.15) is 0 Å². The Hall–Kier alpha value is -0.590. The third kappa shape index (κ3) is 3.79. The van der Waals surface area contributed by atoms with Gasteiger partial charge in [0.25, 0.3) is 0 Å². The fraction of sp³-hybridized carbons (Fsp3) is 0.944. The van der Waals surface area contributed by atoms with Crippen LogP contribution in [0.1, 0.15) is 59.8 Å². The van der Waals surface area contributed by atoms with E-state index in [4.69, 9.17) is 4.74 Å². The van der Waals surface area contributed by atoms with E-state index < -0.39 is 0 Å². The van der Waals surface area contributed by atoms with Gasteiger partial charge >= 0.3 is 0 Å². The highest BCUT2D eigenvalue weighted by Crippen LogP contribution is 2.42. The smallest absolute Gasteiger partial charge is 0.0777 e. The van der Waals surface area contributed by atoms with Crippen molar-refractivity contribution in [2.75, 3.05) is 20.2 Å². The summed E-state index contributed by atoms with van der Waals surface area (Å²) in [4.78, 5) is 2.55. The normalized spacial score (nSPS) is 39.0. The molecule has 1 aliphatic carbocycles. The van der Waals surface area contributed by atoms with Gasteiger partial charge in [-0.05, 0) is 56.9 Å². The molecule has 21 heavy (non-hydrogen) atoms. The van der Waals surface area contributed by atoms with Gasteiger partial charge in [-0.1, -0.05) is 20.8 Å². The van der Waals surface area contributed by atoms with Gasteiger partial charge in [0.15, 0.2) is 0 Å². The molecular formula is C18H32N2O. The fourth-order valence-electron chi connectivity index (χ4n) is 4.18. The molecular weight excluding hydrogens is 260 g/mol. The number of piperidine rings is 1. The van der Waals surface area contributed by atoms with Crippen molar-refractivity contribution in [1.82, 2.24) is 4.90 Å². The lowest BCUT2D eigenvalue weighted by Crippen LogP contribution is -2.55. The molecule has 1 saturated carbocycles. The van der Waals surface area contributed by atoms with E-state index in [1.54, 1.807) is 0 Å². The average molecular weight is 292 g/mol. The van der Waals surface area contributed by atoms with Crippen molar-refractivity contribution in [1.29, 1.82) is 5.26 Å². The predicted molar refractivity (Wildman–Crippen MR) is 85.9 cm³/mol.